The van der Waals surface area contributed by atoms with E-state index in [-0.39, 0.29) is 18.4 Å². The zero-order valence-corrected chi connectivity index (χ0v) is 19.0. The first-order valence-electron chi connectivity index (χ1n) is 12.2. The zero-order valence-electron chi connectivity index (χ0n) is 19.0. The average Bonchev–Trinajstić information content (AvgIpc) is 3.29. The van der Waals surface area contributed by atoms with Crippen LogP contribution in [0.15, 0.2) is 28.8 Å². The van der Waals surface area contributed by atoms with Gasteiger partial charge in [0.05, 0.1) is 12.5 Å². The van der Waals surface area contributed by atoms with E-state index in [2.05, 4.69) is 52.0 Å². The Balaban J connectivity index is 1.37. The fraction of sp³-hybridized carbons (Fsp3) is 0.640. The number of carbonyl (C=O) groups is 1. The molecule has 1 aromatic heterocycles. The summed E-state index contributed by atoms with van der Waals surface area (Å²) in [5.74, 6) is 1.10. The fourth-order valence-electron chi connectivity index (χ4n) is 4.11. The SMILES string of the molecule is CCCCCCCCCCc1ccc(-c2noc(CNC(=O)[C@@H]3CCCNC3)n2)cc1. The Morgan fingerprint density at radius 1 is 1.10 bits per heavy atom. The molecule has 1 atom stereocenters. The van der Waals surface area contributed by atoms with Crippen LogP contribution in [0.3, 0.4) is 0 Å². The molecule has 0 spiro atoms. The molecule has 1 saturated heterocycles. The number of nitrogens with one attached hydrogen (secondary N) is 2. The van der Waals surface area contributed by atoms with E-state index in [1.54, 1.807) is 0 Å². The number of aryl methyl sites for hydroxylation is 1. The quantitative estimate of drug-likeness (QED) is 0.439. The van der Waals surface area contributed by atoms with Gasteiger partial charge < -0.3 is 15.2 Å². The number of carbonyl (C=O) groups excluding carboxylic acids is 1. The molecular formula is C25H38N4O2. The number of amides is 1. The van der Waals surface area contributed by atoms with Crippen LogP contribution >= 0.6 is 0 Å². The minimum absolute atomic E-state index is 0.0322. The third-order valence-corrected chi connectivity index (χ3v) is 6.08. The van der Waals surface area contributed by atoms with Gasteiger partial charge in [0.25, 0.3) is 0 Å². The van der Waals surface area contributed by atoms with Gasteiger partial charge >= 0.3 is 0 Å². The van der Waals surface area contributed by atoms with Crippen LogP contribution in [0.5, 0.6) is 0 Å². The molecule has 1 fully saturated rings. The second kappa shape index (κ2) is 13.3. The van der Waals surface area contributed by atoms with Gasteiger partial charge in [-0.15, -0.1) is 0 Å². The summed E-state index contributed by atoms with van der Waals surface area (Å²) in [7, 11) is 0. The molecule has 1 amide bonds. The first kappa shape index (κ1) is 23.5. The number of benzene rings is 1. The Bertz CT molecular complexity index is 766. The van der Waals surface area contributed by atoms with Gasteiger partial charge in [-0.1, -0.05) is 81.3 Å². The highest BCUT2D eigenvalue weighted by Crippen LogP contribution is 2.18. The van der Waals surface area contributed by atoms with E-state index >= 15 is 0 Å². The highest BCUT2D eigenvalue weighted by Gasteiger charge is 2.21. The second-order valence-electron chi connectivity index (χ2n) is 8.69. The van der Waals surface area contributed by atoms with E-state index in [1.165, 1.54) is 56.9 Å². The molecule has 3 rings (SSSR count). The Morgan fingerprint density at radius 2 is 1.84 bits per heavy atom. The van der Waals surface area contributed by atoms with E-state index in [4.69, 9.17) is 4.52 Å². The van der Waals surface area contributed by atoms with Gasteiger partial charge in [-0.05, 0) is 37.8 Å². The summed E-state index contributed by atoms with van der Waals surface area (Å²) in [6.07, 6.45) is 13.8. The van der Waals surface area contributed by atoms with Crippen molar-refractivity contribution in [1.29, 1.82) is 0 Å². The molecule has 1 aliphatic heterocycles. The highest BCUT2D eigenvalue weighted by molar-refractivity contribution is 5.78. The lowest BCUT2D eigenvalue weighted by Gasteiger charge is -2.21. The average molecular weight is 427 g/mol. The maximum atomic E-state index is 12.2. The zero-order chi connectivity index (χ0) is 21.7. The Labute approximate surface area is 186 Å². The van der Waals surface area contributed by atoms with Crippen LogP contribution in [-0.4, -0.2) is 29.1 Å². The molecule has 0 bridgehead atoms. The largest absolute Gasteiger partial charge is 0.347 e. The standard InChI is InChI=1S/C25H38N4O2/c1-2-3-4-5-6-7-8-9-11-20-13-15-21(16-14-20)24-28-23(31-29-24)19-27-25(30)22-12-10-17-26-18-22/h13-16,22,26H,2-12,17-19H2,1H3,(H,27,30)/t22-/m1/s1. The molecule has 170 valence electrons. The number of nitrogens with zero attached hydrogens (tertiary/aromatic N) is 2. The molecule has 6 heteroatoms. The van der Waals surface area contributed by atoms with Crippen LogP contribution in [0.25, 0.3) is 11.4 Å². The predicted molar refractivity (Wildman–Crippen MR) is 123 cm³/mol. The van der Waals surface area contributed by atoms with Crippen LogP contribution in [0.2, 0.25) is 0 Å². The van der Waals surface area contributed by atoms with Crippen molar-refractivity contribution >= 4 is 5.91 Å². The highest BCUT2D eigenvalue weighted by atomic mass is 16.5. The number of hydrogen-bond acceptors (Lipinski definition) is 5. The van der Waals surface area contributed by atoms with Gasteiger partial charge in [-0.3, -0.25) is 4.79 Å². The van der Waals surface area contributed by atoms with Crippen LogP contribution in [0.4, 0.5) is 0 Å². The van der Waals surface area contributed by atoms with Crippen molar-refractivity contribution in [2.75, 3.05) is 13.1 Å². The van der Waals surface area contributed by atoms with Gasteiger partial charge in [-0.2, -0.15) is 4.98 Å². The molecule has 0 radical (unpaired) electrons. The van der Waals surface area contributed by atoms with Crippen molar-refractivity contribution in [1.82, 2.24) is 20.8 Å². The molecular weight excluding hydrogens is 388 g/mol. The lowest BCUT2D eigenvalue weighted by molar-refractivity contribution is -0.125. The normalized spacial score (nSPS) is 16.4. The molecule has 0 saturated carbocycles. The lowest BCUT2D eigenvalue weighted by atomic mass is 9.99. The summed E-state index contributed by atoms with van der Waals surface area (Å²) in [5, 5.41) is 10.2. The molecule has 1 aromatic carbocycles. The predicted octanol–water partition coefficient (Wildman–Crippen LogP) is 5.04. The smallest absolute Gasteiger partial charge is 0.246 e. The Hall–Kier alpha value is -2.21. The van der Waals surface area contributed by atoms with E-state index in [9.17, 15) is 4.79 Å². The molecule has 1 aliphatic rings. The number of piperidine rings is 1. The molecule has 0 aliphatic carbocycles. The van der Waals surface area contributed by atoms with Crippen molar-refractivity contribution in [3.63, 3.8) is 0 Å². The van der Waals surface area contributed by atoms with E-state index in [0.29, 0.717) is 11.7 Å². The fourth-order valence-corrected chi connectivity index (χ4v) is 4.11. The van der Waals surface area contributed by atoms with Crippen molar-refractivity contribution in [3.05, 3.63) is 35.7 Å². The molecule has 2 heterocycles. The minimum Gasteiger partial charge on any atom is -0.347 e. The van der Waals surface area contributed by atoms with Crippen LogP contribution in [0.1, 0.15) is 82.6 Å². The van der Waals surface area contributed by atoms with E-state index in [1.807, 2.05) is 0 Å². The van der Waals surface area contributed by atoms with Gasteiger partial charge in [0.15, 0.2) is 0 Å². The molecule has 2 aromatic rings. The monoisotopic (exact) mass is 426 g/mol. The van der Waals surface area contributed by atoms with Crippen molar-refractivity contribution < 1.29 is 9.32 Å². The first-order chi connectivity index (χ1) is 15.3. The lowest BCUT2D eigenvalue weighted by Crippen LogP contribution is -2.40. The summed E-state index contributed by atoms with van der Waals surface area (Å²) in [6.45, 7) is 4.28. The Kier molecular flexibility index (Phi) is 10.0. The van der Waals surface area contributed by atoms with Crippen molar-refractivity contribution in [2.24, 2.45) is 5.92 Å². The molecule has 2 N–H and O–H groups in total. The number of hydrogen-bond donors (Lipinski definition) is 2. The van der Waals surface area contributed by atoms with Gasteiger partial charge in [0.1, 0.15) is 0 Å². The van der Waals surface area contributed by atoms with E-state index < -0.39 is 0 Å². The molecule has 31 heavy (non-hydrogen) atoms. The maximum Gasteiger partial charge on any atom is 0.246 e. The van der Waals surface area contributed by atoms with Crippen molar-refractivity contribution in [3.8, 4) is 11.4 Å². The summed E-state index contributed by atoms with van der Waals surface area (Å²) in [5.41, 5.74) is 2.30. The Morgan fingerprint density at radius 3 is 2.55 bits per heavy atom. The van der Waals surface area contributed by atoms with Gasteiger partial charge in [0, 0.05) is 12.1 Å². The second-order valence-corrected chi connectivity index (χ2v) is 8.69. The third kappa shape index (κ3) is 8.09. The summed E-state index contributed by atoms with van der Waals surface area (Å²) >= 11 is 0. The van der Waals surface area contributed by atoms with E-state index in [0.717, 1.165) is 37.9 Å². The number of unbranched alkanes of at least 4 members (excludes halogenated alkanes) is 7. The van der Waals surface area contributed by atoms with Crippen LogP contribution in [-0.2, 0) is 17.8 Å². The van der Waals surface area contributed by atoms with Crippen LogP contribution in [0, 0.1) is 5.92 Å². The third-order valence-electron chi connectivity index (χ3n) is 6.08. The van der Waals surface area contributed by atoms with Crippen molar-refractivity contribution in [2.45, 2.75) is 84.1 Å². The van der Waals surface area contributed by atoms with Gasteiger partial charge in [0.2, 0.25) is 17.6 Å². The number of rotatable bonds is 13. The van der Waals surface area contributed by atoms with Crippen LogP contribution < -0.4 is 10.6 Å². The number of aromatic nitrogens is 2. The summed E-state index contributed by atoms with van der Waals surface area (Å²) in [4.78, 5) is 16.7. The summed E-state index contributed by atoms with van der Waals surface area (Å²) in [6, 6.07) is 8.43. The topological polar surface area (TPSA) is 80.0 Å². The minimum atomic E-state index is 0.0322. The van der Waals surface area contributed by atoms with Gasteiger partial charge in [-0.25, -0.2) is 0 Å². The first-order valence-corrected chi connectivity index (χ1v) is 12.2. The maximum absolute atomic E-state index is 12.2. The summed E-state index contributed by atoms with van der Waals surface area (Å²) < 4.78 is 5.32. The molecule has 6 nitrogen and oxygen atoms in total. The molecule has 0 unspecified atom stereocenters.